The minimum atomic E-state index is -0.145. The summed E-state index contributed by atoms with van der Waals surface area (Å²) in [5.74, 6) is -0.190. The molecular weight excluding hydrogens is 156 g/mol. The summed E-state index contributed by atoms with van der Waals surface area (Å²) in [6.07, 6.45) is -0.145. The highest BCUT2D eigenvalue weighted by Gasteiger charge is 2.17. The number of nitrogens with one attached hydrogen (secondary N) is 2. The van der Waals surface area contributed by atoms with Crippen LogP contribution in [0.3, 0.4) is 0 Å². The smallest absolute Gasteiger partial charge is 0.309 e. The van der Waals surface area contributed by atoms with Crippen molar-refractivity contribution in [3.05, 3.63) is 0 Å². The fourth-order valence-electron chi connectivity index (χ4n) is 0.986. The minimum absolute atomic E-state index is 0.0475. The Morgan fingerprint density at radius 3 is 2.75 bits per heavy atom. The van der Waals surface area contributed by atoms with E-state index in [1.165, 1.54) is 0 Å². The van der Waals surface area contributed by atoms with Crippen molar-refractivity contribution < 1.29 is 9.53 Å². The number of esters is 1. The van der Waals surface area contributed by atoms with Gasteiger partial charge in [-0.15, -0.1) is 0 Å². The van der Waals surface area contributed by atoms with E-state index in [-0.39, 0.29) is 18.1 Å². The maximum atomic E-state index is 11.1. The van der Waals surface area contributed by atoms with Gasteiger partial charge in [0.2, 0.25) is 0 Å². The molecule has 1 aliphatic rings. The molecule has 0 radical (unpaired) electrons. The second kappa shape index (κ2) is 4.42. The SMILES string of the molecule is CC(C)C(=O)OC1CNCCN1. The third-order valence-electron chi connectivity index (χ3n) is 1.73. The summed E-state index contributed by atoms with van der Waals surface area (Å²) in [5, 5.41) is 6.24. The molecule has 1 rings (SSSR count). The molecule has 0 amide bonds. The van der Waals surface area contributed by atoms with Gasteiger partial charge < -0.3 is 10.1 Å². The molecule has 1 aliphatic heterocycles. The predicted molar refractivity (Wildman–Crippen MR) is 45.6 cm³/mol. The topological polar surface area (TPSA) is 50.4 Å². The van der Waals surface area contributed by atoms with Crippen molar-refractivity contribution in [3.63, 3.8) is 0 Å². The summed E-state index contributed by atoms with van der Waals surface area (Å²) in [5.41, 5.74) is 0. The molecule has 4 heteroatoms. The molecule has 0 aromatic carbocycles. The van der Waals surface area contributed by atoms with E-state index in [4.69, 9.17) is 4.74 Å². The fourth-order valence-corrected chi connectivity index (χ4v) is 0.986. The van der Waals surface area contributed by atoms with E-state index >= 15 is 0 Å². The highest BCUT2D eigenvalue weighted by molar-refractivity contribution is 5.71. The second-order valence-corrected chi connectivity index (χ2v) is 3.24. The highest BCUT2D eigenvalue weighted by Crippen LogP contribution is 1.99. The summed E-state index contributed by atoms with van der Waals surface area (Å²) in [6, 6.07) is 0. The van der Waals surface area contributed by atoms with E-state index in [1.54, 1.807) is 0 Å². The summed E-state index contributed by atoms with van der Waals surface area (Å²) in [7, 11) is 0. The predicted octanol–water partition coefficient (Wildman–Crippen LogP) is -0.295. The third-order valence-corrected chi connectivity index (χ3v) is 1.73. The second-order valence-electron chi connectivity index (χ2n) is 3.24. The average molecular weight is 172 g/mol. The molecule has 70 valence electrons. The van der Waals surface area contributed by atoms with Gasteiger partial charge in [-0.1, -0.05) is 13.8 Å². The van der Waals surface area contributed by atoms with Gasteiger partial charge in [-0.25, -0.2) is 0 Å². The molecule has 0 aliphatic carbocycles. The van der Waals surface area contributed by atoms with Gasteiger partial charge in [-0.3, -0.25) is 10.1 Å². The Bertz CT molecular complexity index is 153. The first-order valence-electron chi connectivity index (χ1n) is 4.34. The van der Waals surface area contributed by atoms with Gasteiger partial charge in [0.15, 0.2) is 6.23 Å². The van der Waals surface area contributed by atoms with Crippen LogP contribution in [0.15, 0.2) is 0 Å². The normalized spacial score (nSPS) is 24.1. The van der Waals surface area contributed by atoms with E-state index in [2.05, 4.69) is 10.6 Å². The molecule has 0 aromatic rings. The molecule has 1 heterocycles. The summed E-state index contributed by atoms with van der Waals surface area (Å²) < 4.78 is 5.14. The summed E-state index contributed by atoms with van der Waals surface area (Å²) in [4.78, 5) is 11.1. The molecule has 0 saturated carbocycles. The number of hydrogen-bond donors (Lipinski definition) is 2. The number of carbonyl (C=O) groups excluding carboxylic acids is 1. The van der Waals surface area contributed by atoms with Crippen LogP contribution in [-0.2, 0) is 9.53 Å². The standard InChI is InChI=1S/C8H16N2O2/c1-6(2)8(11)12-7-5-9-3-4-10-7/h6-7,9-10H,3-5H2,1-2H3. The molecule has 1 atom stereocenters. The van der Waals surface area contributed by atoms with E-state index < -0.39 is 0 Å². The number of ether oxygens (including phenoxy) is 1. The van der Waals surface area contributed by atoms with Crippen molar-refractivity contribution in [2.75, 3.05) is 19.6 Å². The molecule has 0 aromatic heterocycles. The van der Waals surface area contributed by atoms with Gasteiger partial charge in [0.05, 0.1) is 5.92 Å². The first-order valence-corrected chi connectivity index (χ1v) is 4.34. The van der Waals surface area contributed by atoms with Gasteiger partial charge in [0.1, 0.15) is 0 Å². The zero-order chi connectivity index (χ0) is 8.97. The molecule has 1 fully saturated rings. The molecular formula is C8H16N2O2. The monoisotopic (exact) mass is 172 g/mol. The van der Waals surface area contributed by atoms with E-state index in [0.29, 0.717) is 6.54 Å². The van der Waals surface area contributed by atoms with Crippen LogP contribution in [0, 0.1) is 5.92 Å². The zero-order valence-corrected chi connectivity index (χ0v) is 7.59. The van der Waals surface area contributed by atoms with Crippen molar-refractivity contribution >= 4 is 5.97 Å². The Labute approximate surface area is 72.7 Å². The lowest BCUT2D eigenvalue weighted by Gasteiger charge is -2.24. The molecule has 4 nitrogen and oxygen atoms in total. The van der Waals surface area contributed by atoms with Crippen molar-refractivity contribution in [3.8, 4) is 0 Å². The first kappa shape index (κ1) is 9.48. The van der Waals surface area contributed by atoms with Crippen molar-refractivity contribution in [1.29, 1.82) is 0 Å². The molecule has 12 heavy (non-hydrogen) atoms. The molecule has 2 N–H and O–H groups in total. The molecule has 1 unspecified atom stereocenters. The average Bonchev–Trinajstić information content (AvgIpc) is 2.06. The molecule has 0 spiro atoms. The maximum Gasteiger partial charge on any atom is 0.309 e. The van der Waals surface area contributed by atoms with Crippen LogP contribution in [0.2, 0.25) is 0 Å². The Kier molecular flexibility index (Phi) is 3.49. The number of rotatable bonds is 2. The first-order chi connectivity index (χ1) is 5.70. The largest absolute Gasteiger partial charge is 0.445 e. The lowest BCUT2D eigenvalue weighted by atomic mass is 10.2. The number of carbonyl (C=O) groups is 1. The van der Waals surface area contributed by atoms with E-state index in [0.717, 1.165) is 13.1 Å². The van der Waals surface area contributed by atoms with Crippen molar-refractivity contribution in [2.45, 2.75) is 20.1 Å². The van der Waals surface area contributed by atoms with Crippen molar-refractivity contribution in [2.24, 2.45) is 5.92 Å². The van der Waals surface area contributed by atoms with Crippen LogP contribution in [0.25, 0.3) is 0 Å². The van der Waals surface area contributed by atoms with E-state index in [1.807, 2.05) is 13.8 Å². The lowest BCUT2D eigenvalue weighted by Crippen LogP contribution is -2.50. The van der Waals surface area contributed by atoms with Crippen molar-refractivity contribution in [1.82, 2.24) is 10.6 Å². The maximum absolute atomic E-state index is 11.1. The van der Waals surface area contributed by atoms with Gasteiger partial charge in [-0.05, 0) is 0 Å². The van der Waals surface area contributed by atoms with Crippen LogP contribution in [0.4, 0.5) is 0 Å². The van der Waals surface area contributed by atoms with Crippen LogP contribution in [0.5, 0.6) is 0 Å². The van der Waals surface area contributed by atoms with Crippen LogP contribution >= 0.6 is 0 Å². The van der Waals surface area contributed by atoms with Gasteiger partial charge in [0.25, 0.3) is 0 Å². The molecule has 0 bridgehead atoms. The van der Waals surface area contributed by atoms with Gasteiger partial charge >= 0.3 is 5.97 Å². The van der Waals surface area contributed by atoms with Crippen LogP contribution in [-0.4, -0.2) is 31.8 Å². The minimum Gasteiger partial charge on any atom is -0.445 e. The summed E-state index contributed by atoms with van der Waals surface area (Å²) >= 11 is 0. The van der Waals surface area contributed by atoms with Gasteiger partial charge in [0, 0.05) is 19.6 Å². The fraction of sp³-hybridized carbons (Fsp3) is 0.875. The Balaban J connectivity index is 2.24. The number of hydrogen-bond acceptors (Lipinski definition) is 4. The lowest BCUT2D eigenvalue weighted by molar-refractivity contribution is -0.154. The van der Waals surface area contributed by atoms with Gasteiger partial charge in [-0.2, -0.15) is 0 Å². The zero-order valence-electron chi connectivity index (χ0n) is 7.59. The third kappa shape index (κ3) is 2.79. The number of piperazine rings is 1. The quantitative estimate of drug-likeness (QED) is 0.562. The Hall–Kier alpha value is -0.610. The van der Waals surface area contributed by atoms with Crippen LogP contribution < -0.4 is 10.6 Å². The molecule has 1 saturated heterocycles. The van der Waals surface area contributed by atoms with E-state index in [9.17, 15) is 4.79 Å². The Morgan fingerprint density at radius 2 is 2.25 bits per heavy atom. The summed E-state index contributed by atoms with van der Waals surface area (Å²) in [6.45, 7) is 6.17. The highest BCUT2D eigenvalue weighted by atomic mass is 16.6. The Morgan fingerprint density at radius 1 is 1.50 bits per heavy atom. The van der Waals surface area contributed by atoms with Crippen LogP contribution in [0.1, 0.15) is 13.8 Å².